The smallest absolute Gasteiger partial charge is 0.294 e. The predicted molar refractivity (Wildman–Crippen MR) is 130 cm³/mol. The first-order chi connectivity index (χ1) is 17.0. The molecule has 0 saturated heterocycles. The van der Waals surface area contributed by atoms with E-state index in [1.165, 1.54) is 12.1 Å². The van der Waals surface area contributed by atoms with Crippen LogP contribution in [-0.4, -0.2) is 21.0 Å². The number of aromatic amines is 1. The third-order valence-corrected chi connectivity index (χ3v) is 6.10. The van der Waals surface area contributed by atoms with Gasteiger partial charge in [-0.2, -0.15) is 0 Å². The molecule has 1 aliphatic heterocycles. The van der Waals surface area contributed by atoms with Gasteiger partial charge in [0.05, 0.1) is 6.04 Å². The van der Waals surface area contributed by atoms with Crippen molar-refractivity contribution < 1.29 is 14.3 Å². The van der Waals surface area contributed by atoms with E-state index in [-0.39, 0.29) is 24.1 Å². The SMILES string of the molecule is O=C(NCc1ccc(F)cc1)c1nc(C2Cc3ccccc3N2Cc2ccccc2)[nH]c(=O)c1O. The highest BCUT2D eigenvalue weighted by Crippen LogP contribution is 2.40. The number of benzene rings is 3. The van der Waals surface area contributed by atoms with Crippen molar-refractivity contribution in [2.45, 2.75) is 25.6 Å². The van der Waals surface area contributed by atoms with Crippen LogP contribution in [0.3, 0.4) is 0 Å². The normalized spacial score (nSPS) is 14.5. The fraction of sp³-hybridized carbons (Fsp3) is 0.148. The number of hydrogen-bond donors (Lipinski definition) is 3. The molecule has 8 heteroatoms. The van der Waals surface area contributed by atoms with Gasteiger partial charge in [-0.25, -0.2) is 9.37 Å². The van der Waals surface area contributed by atoms with Gasteiger partial charge < -0.3 is 20.3 Å². The summed E-state index contributed by atoms with van der Waals surface area (Å²) in [5.74, 6) is -1.51. The summed E-state index contributed by atoms with van der Waals surface area (Å²) < 4.78 is 13.1. The van der Waals surface area contributed by atoms with Gasteiger partial charge in [0.25, 0.3) is 11.5 Å². The molecule has 1 atom stereocenters. The lowest BCUT2D eigenvalue weighted by molar-refractivity contribution is 0.0942. The van der Waals surface area contributed by atoms with Crippen LogP contribution in [0.2, 0.25) is 0 Å². The average molecular weight is 471 g/mol. The van der Waals surface area contributed by atoms with E-state index in [9.17, 15) is 19.1 Å². The number of halogens is 1. The third-order valence-electron chi connectivity index (χ3n) is 6.10. The van der Waals surface area contributed by atoms with Gasteiger partial charge >= 0.3 is 0 Å². The summed E-state index contributed by atoms with van der Waals surface area (Å²) in [4.78, 5) is 34.6. The monoisotopic (exact) mass is 470 g/mol. The molecule has 0 radical (unpaired) electrons. The number of rotatable bonds is 6. The maximum atomic E-state index is 13.1. The van der Waals surface area contributed by atoms with Gasteiger partial charge in [0.2, 0.25) is 5.75 Å². The summed E-state index contributed by atoms with van der Waals surface area (Å²) >= 11 is 0. The van der Waals surface area contributed by atoms with Crippen LogP contribution in [-0.2, 0) is 19.5 Å². The van der Waals surface area contributed by atoms with Crippen LogP contribution in [0.1, 0.15) is 39.0 Å². The Balaban J connectivity index is 1.45. The Kier molecular flexibility index (Phi) is 6.01. The number of hydrogen-bond acceptors (Lipinski definition) is 5. The molecule has 7 nitrogen and oxygen atoms in total. The number of nitrogens with one attached hydrogen (secondary N) is 2. The van der Waals surface area contributed by atoms with E-state index >= 15 is 0 Å². The van der Waals surface area contributed by atoms with Crippen molar-refractivity contribution in [3.05, 3.63) is 123 Å². The molecule has 1 aromatic heterocycles. The van der Waals surface area contributed by atoms with Crippen LogP contribution in [0.15, 0.2) is 83.7 Å². The van der Waals surface area contributed by atoms with Crippen molar-refractivity contribution >= 4 is 11.6 Å². The Bertz CT molecular complexity index is 1420. The molecule has 3 N–H and O–H groups in total. The Morgan fingerprint density at radius 3 is 2.51 bits per heavy atom. The van der Waals surface area contributed by atoms with Crippen molar-refractivity contribution in [1.82, 2.24) is 15.3 Å². The Morgan fingerprint density at radius 2 is 1.74 bits per heavy atom. The van der Waals surface area contributed by atoms with E-state index in [2.05, 4.69) is 20.2 Å². The van der Waals surface area contributed by atoms with Crippen LogP contribution < -0.4 is 15.8 Å². The van der Waals surface area contributed by atoms with Gasteiger partial charge in [-0.05, 0) is 34.9 Å². The zero-order valence-electron chi connectivity index (χ0n) is 18.7. The maximum Gasteiger partial charge on any atom is 0.294 e. The minimum Gasteiger partial charge on any atom is -0.501 e. The molecule has 1 unspecified atom stereocenters. The minimum absolute atomic E-state index is 0.0946. The molecule has 35 heavy (non-hydrogen) atoms. The highest BCUT2D eigenvalue weighted by atomic mass is 19.1. The molecule has 1 amide bonds. The summed E-state index contributed by atoms with van der Waals surface area (Å²) in [5.41, 5.74) is 2.77. The number of aromatic nitrogens is 2. The van der Waals surface area contributed by atoms with Crippen molar-refractivity contribution in [2.75, 3.05) is 4.90 Å². The van der Waals surface area contributed by atoms with E-state index in [0.717, 1.165) is 16.8 Å². The van der Waals surface area contributed by atoms with Gasteiger partial charge in [0.1, 0.15) is 11.6 Å². The molecule has 0 bridgehead atoms. The van der Waals surface area contributed by atoms with Crippen molar-refractivity contribution in [1.29, 1.82) is 0 Å². The molecule has 176 valence electrons. The van der Waals surface area contributed by atoms with Crippen LogP contribution in [0.25, 0.3) is 0 Å². The number of anilines is 1. The molecule has 4 aromatic rings. The van der Waals surface area contributed by atoms with Crippen molar-refractivity contribution in [3.63, 3.8) is 0 Å². The molecular formula is C27H23FN4O3. The standard InChI is InChI=1S/C27H23FN4O3/c28-20-12-10-17(11-13-20)15-29-26(34)23-24(33)27(35)31-25(30-23)22-14-19-8-4-5-9-21(19)32(22)16-18-6-2-1-3-7-18/h1-13,22,33H,14-16H2,(H,29,34)(H,30,31,35). The maximum absolute atomic E-state index is 13.1. The zero-order valence-corrected chi connectivity index (χ0v) is 18.7. The summed E-state index contributed by atoms with van der Waals surface area (Å²) in [6.07, 6.45) is 0.591. The molecule has 0 aliphatic carbocycles. The Labute approximate surface area is 200 Å². The lowest BCUT2D eigenvalue weighted by Crippen LogP contribution is -2.31. The first-order valence-corrected chi connectivity index (χ1v) is 11.2. The average Bonchev–Trinajstić information content (AvgIpc) is 3.24. The number of carbonyl (C=O) groups excluding carboxylic acids is 1. The second kappa shape index (κ2) is 9.42. The van der Waals surface area contributed by atoms with Gasteiger partial charge in [-0.15, -0.1) is 0 Å². The first kappa shape index (κ1) is 22.3. The highest BCUT2D eigenvalue weighted by molar-refractivity contribution is 5.94. The molecular weight excluding hydrogens is 447 g/mol. The minimum atomic E-state index is -0.780. The number of amides is 1. The largest absolute Gasteiger partial charge is 0.501 e. The van der Waals surface area contributed by atoms with Crippen LogP contribution in [0.4, 0.5) is 10.1 Å². The second-order valence-electron chi connectivity index (χ2n) is 8.42. The summed E-state index contributed by atoms with van der Waals surface area (Å²) in [6, 6.07) is 23.3. The fourth-order valence-corrected chi connectivity index (χ4v) is 4.34. The van der Waals surface area contributed by atoms with Gasteiger partial charge in [-0.3, -0.25) is 9.59 Å². The van der Waals surface area contributed by atoms with E-state index in [4.69, 9.17) is 0 Å². The quantitative estimate of drug-likeness (QED) is 0.398. The molecule has 1 aliphatic rings. The number of carbonyl (C=O) groups is 1. The number of nitrogens with zero attached hydrogens (tertiary/aromatic N) is 2. The Morgan fingerprint density at radius 1 is 1.03 bits per heavy atom. The third kappa shape index (κ3) is 4.63. The second-order valence-corrected chi connectivity index (χ2v) is 8.42. The Hall–Kier alpha value is -4.46. The van der Waals surface area contributed by atoms with E-state index in [0.29, 0.717) is 24.4 Å². The molecule has 2 heterocycles. The predicted octanol–water partition coefficient (Wildman–Crippen LogP) is 3.85. The number of H-pyrrole nitrogens is 1. The molecule has 3 aromatic carbocycles. The zero-order chi connectivity index (χ0) is 24.4. The van der Waals surface area contributed by atoms with E-state index in [1.54, 1.807) is 12.1 Å². The summed E-state index contributed by atoms with van der Waals surface area (Å²) in [7, 11) is 0. The van der Waals surface area contributed by atoms with Crippen LogP contribution in [0.5, 0.6) is 5.75 Å². The summed E-state index contributed by atoms with van der Waals surface area (Å²) in [5, 5.41) is 13.0. The van der Waals surface area contributed by atoms with Gasteiger partial charge in [-0.1, -0.05) is 60.7 Å². The topological polar surface area (TPSA) is 98.3 Å². The summed E-state index contributed by atoms with van der Waals surface area (Å²) in [6.45, 7) is 0.677. The van der Waals surface area contributed by atoms with E-state index < -0.39 is 17.2 Å². The van der Waals surface area contributed by atoms with Crippen molar-refractivity contribution in [3.8, 4) is 5.75 Å². The number of aromatic hydroxyl groups is 1. The lowest BCUT2D eigenvalue weighted by Gasteiger charge is -2.27. The number of fused-ring (bicyclic) bond motifs is 1. The molecule has 5 rings (SSSR count). The van der Waals surface area contributed by atoms with Crippen LogP contribution in [0, 0.1) is 5.82 Å². The highest BCUT2D eigenvalue weighted by Gasteiger charge is 2.33. The fourth-order valence-electron chi connectivity index (χ4n) is 4.34. The van der Waals surface area contributed by atoms with Gasteiger partial charge in [0, 0.05) is 25.2 Å². The molecule has 0 saturated carbocycles. The van der Waals surface area contributed by atoms with Crippen LogP contribution >= 0.6 is 0 Å². The van der Waals surface area contributed by atoms with Crippen molar-refractivity contribution in [2.24, 2.45) is 0 Å². The molecule has 0 fully saturated rings. The first-order valence-electron chi connectivity index (χ1n) is 11.2. The van der Waals surface area contributed by atoms with E-state index in [1.807, 2.05) is 54.6 Å². The molecule has 0 spiro atoms. The van der Waals surface area contributed by atoms with Gasteiger partial charge in [0.15, 0.2) is 5.69 Å². The lowest BCUT2D eigenvalue weighted by atomic mass is 10.1. The number of para-hydroxylation sites is 1.